The van der Waals surface area contributed by atoms with E-state index in [1.807, 2.05) is 15.9 Å². The summed E-state index contributed by atoms with van der Waals surface area (Å²) in [6.45, 7) is 0.0832. The molecule has 0 saturated carbocycles. The van der Waals surface area contributed by atoms with Crippen molar-refractivity contribution < 1.29 is 96.9 Å². The van der Waals surface area contributed by atoms with Gasteiger partial charge in [0.1, 0.15) is 0 Å². The monoisotopic (exact) mass is 566 g/mol. The Bertz CT molecular complexity index is 769. The second kappa shape index (κ2) is 18.1. The number of aldehydes is 2. The molecule has 2 heterocycles. The van der Waals surface area contributed by atoms with Crippen molar-refractivity contribution >= 4 is 36.1 Å². The molecule has 0 aliphatic carbocycles. The Morgan fingerprint density at radius 2 is 1.71 bits per heavy atom. The van der Waals surface area contributed by atoms with Crippen LogP contribution in [0.3, 0.4) is 0 Å². The van der Waals surface area contributed by atoms with Crippen LogP contribution in [0.5, 0.6) is 0 Å². The molecule has 17 heteroatoms. The molecule has 1 N–H and O–H groups in total. The van der Waals surface area contributed by atoms with Crippen molar-refractivity contribution in [1.82, 2.24) is 20.0 Å². The molecule has 0 fully saturated rings. The van der Waals surface area contributed by atoms with Crippen LogP contribution in [0, 0.1) is 0 Å². The number of nitrogens with zero attached hydrogens (tertiary/aromatic N) is 3. The first-order chi connectivity index (χ1) is 13.5. The second-order valence-electron chi connectivity index (χ2n) is 4.60. The van der Waals surface area contributed by atoms with Crippen LogP contribution in [0.2, 0.25) is 0 Å². The summed E-state index contributed by atoms with van der Waals surface area (Å²) >= 11 is 1.96. The SMILES string of the molecule is CCOP(=O)(OCC)C(F)(F)Br.O=Cc1cn[nH]c1.O=Cc1cnn(C(F)F)c1.[F-].[K+]. The van der Waals surface area contributed by atoms with Crippen LogP contribution in [0.4, 0.5) is 17.6 Å². The van der Waals surface area contributed by atoms with Gasteiger partial charge in [0.05, 0.1) is 36.7 Å². The number of hydrogen-bond acceptors (Lipinski definition) is 7. The van der Waals surface area contributed by atoms with E-state index in [-0.39, 0.29) is 74.9 Å². The molecule has 172 valence electrons. The van der Waals surface area contributed by atoms with E-state index in [0.717, 1.165) is 18.7 Å². The van der Waals surface area contributed by atoms with E-state index in [9.17, 15) is 31.7 Å². The number of aromatic nitrogens is 4. The Morgan fingerprint density at radius 1 is 1.19 bits per heavy atom. The molecule has 0 aliphatic heterocycles. The zero-order valence-corrected chi connectivity index (χ0v) is 22.2. The molecule has 0 amide bonds. The number of aromatic amines is 1. The van der Waals surface area contributed by atoms with Gasteiger partial charge in [-0.05, 0) is 13.8 Å². The van der Waals surface area contributed by atoms with Gasteiger partial charge in [-0.15, -0.1) is 0 Å². The molecule has 0 aliphatic rings. The minimum Gasteiger partial charge on any atom is -1.00 e. The summed E-state index contributed by atoms with van der Waals surface area (Å²) in [4.78, 5) is 19.8. The van der Waals surface area contributed by atoms with E-state index in [4.69, 9.17) is 0 Å². The third-order valence-corrected chi connectivity index (χ3v) is 5.64. The predicted octanol–water partition coefficient (Wildman–Crippen LogP) is -1.48. The van der Waals surface area contributed by atoms with E-state index >= 15 is 0 Å². The van der Waals surface area contributed by atoms with E-state index in [1.54, 1.807) is 0 Å². The van der Waals surface area contributed by atoms with Crippen LogP contribution in [0.1, 0.15) is 41.1 Å². The summed E-state index contributed by atoms with van der Waals surface area (Å²) in [7, 11) is -4.32. The normalized spacial score (nSPS) is 10.5. The van der Waals surface area contributed by atoms with Gasteiger partial charge < -0.3 is 13.8 Å². The zero-order valence-electron chi connectivity index (χ0n) is 16.6. The van der Waals surface area contributed by atoms with Crippen LogP contribution in [0.15, 0.2) is 24.8 Å². The van der Waals surface area contributed by atoms with Gasteiger partial charge in [-0.3, -0.25) is 19.3 Å². The van der Waals surface area contributed by atoms with Crippen molar-refractivity contribution in [2.24, 2.45) is 0 Å². The number of hydrogen-bond donors (Lipinski definition) is 1. The number of carbonyl (C=O) groups excluding carboxylic acids is 2. The standard InChI is InChI=1S/C5H10BrF2O3P.C5H4F2N2O.C4H4N2O.FH.K/c1-3-10-12(9,11-4-2)5(6,7)8;6-5(7)9-2-4(3-10)1-8-9;7-3-4-1-5-6-2-4;;/h3-4H2,1-2H3;1-3,5H;1-3H,(H,5,6);1H;/q;;;;+1/p-1. The average Bonchev–Trinajstić information content (AvgIpc) is 3.34. The van der Waals surface area contributed by atoms with Crippen molar-refractivity contribution in [2.45, 2.75) is 25.0 Å². The first-order valence-corrected chi connectivity index (χ1v) is 10.1. The topological polar surface area (TPSA) is 116 Å². The van der Waals surface area contributed by atoms with Gasteiger partial charge in [0.2, 0.25) is 0 Å². The van der Waals surface area contributed by atoms with Crippen molar-refractivity contribution in [1.29, 1.82) is 0 Å². The summed E-state index contributed by atoms with van der Waals surface area (Å²) in [6, 6.07) is 0. The van der Waals surface area contributed by atoms with Crippen molar-refractivity contribution in [3.63, 3.8) is 0 Å². The number of H-pyrrole nitrogens is 1. The average molecular weight is 567 g/mol. The molecule has 0 spiro atoms. The molecule has 2 rings (SSSR count). The number of rotatable bonds is 8. The zero-order chi connectivity index (χ0) is 22.5. The number of halogens is 6. The van der Waals surface area contributed by atoms with Crippen LogP contribution in [-0.4, -0.2) is 50.3 Å². The summed E-state index contributed by atoms with van der Waals surface area (Å²) in [5, 5.41) is 9.26. The summed E-state index contributed by atoms with van der Waals surface area (Å²) in [5.41, 5.74) is 0.736. The summed E-state index contributed by atoms with van der Waals surface area (Å²) < 4.78 is 65.2. The Hall–Kier alpha value is -0.324. The summed E-state index contributed by atoms with van der Waals surface area (Å²) in [6.07, 6.45) is 6.27. The maximum Gasteiger partial charge on any atom is 1.00 e. The fourth-order valence-electron chi connectivity index (χ4n) is 1.37. The van der Waals surface area contributed by atoms with Gasteiger partial charge in [0, 0.05) is 28.3 Å². The van der Waals surface area contributed by atoms with Crippen LogP contribution < -0.4 is 56.1 Å². The maximum atomic E-state index is 12.5. The Balaban J connectivity index is -0.000000377. The molecule has 31 heavy (non-hydrogen) atoms. The van der Waals surface area contributed by atoms with E-state index in [0.29, 0.717) is 16.5 Å². The molecule has 0 radical (unpaired) electrons. The molecular weight excluding hydrogens is 549 g/mol. The molecule has 0 saturated heterocycles. The van der Waals surface area contributed by atoms with Crippen LogP contribution >= 0.6 is 23.5 Å². The molecule has 0 bridgehead atoms. The smallest absolute Gasteiger partial charge is 1.00 e. The first kappa shape index (κ1) is 35.3. The van der Waals surface area contributed by atoms with Gasteiger partial charge in [0.25, 0.3) is 0 Å². The third-order valence-electron chi connectivity index (χ3n) is 2.52. The molecule has 9 nitrogen and oxygen atoms in total. The molecule has 0 unspecified atom stereocenters. The van der Waals surface area contributed by atoms with Gasteiger partial charge in [-0.1, -0.05) is 0 Å². The molecule has 0 atom stereocenters. The minimum absolute atomic E-state index is 0. The fraction of sp³-hybridized carbons (Fsp3) is 0.429. The fourth-order valence-corrected chi connectivity index (χ4v) is 3.03. The summed E-state index contributed by atoms with van der Waals surface area (Å²) in [5.74, 6) is 0. The Morgan fingerprint density at radius 3 is 1.94 bits per heavy atom. The number of alkyl halides is 5. The molecule has 2 aromatic rings. The maximum absolute atomic E-state index is 12.5. The largest absolute Gasteiger partial charge is 1.00 e. The first-order valence-electron chi connectivity index (χ1n) is 7.71. The Labute approximate surface area is 225 Å². The van der Waals surface area contributed by atoms with E-state index in [2.05, 4.69) is 24.3 Å². The van der Waals surface area contributed by atoms with Gasteiger partial charge in [-0.2, -0.15) is 27.8 Å². The van der Waals surface area contributed by atoms with Crippen molar-refractivity contribution in [2.75, 3.05) is 13.2 Å². The minimum atomic E-state index is -4.32. The van der Waals surface area contributed by atoms with Crippen molar-refractivity contribution in [3.8, 4) is 0 Å². The number of carbonyl (C=O) groups is 2. The quantitative estimate of drug-likeness (QED) is 0.136. The second-order valence-corrected chi connectivity index (χ2v) is 8.28. The van der Waals surface area contributed by atoms with E-state index < -0.39 is 18.7 Å². The predicted molar refractivity (Wildman–Crippen MR) is 97.6 cm³/mol. The Kier molecular flexibility index (Phi) is 20.6. The van der Waals surface area contributed by atoms with Crippen LogP contribution in [0.25, 0.3) is 0 Å². The van der Waals surface area contributed by atoms with Gasteiger partial charge >= 0.3 is 70.1 Å². The van der Waals surface area contributed by atoms with Gasteiger partial charge in [0.15, 0.2) is 12.6 Å². The molecular formula is C14H18BrF5KN4O5P. The molecule has 0 aromatic carbocycles. The van der Waals surface area contributed by atoms with Crippen molar-refractivity contribution in [3.05, 3.63) is 35.9 Å². The number of nitrogens with one attached hydrogen (secondary N) is 1. The molecule has 2 aromatic heterocycles. The third kappa shape index (κ3) is 13.7. The van der Waals surface area contributed by atoms with E-state index in [1.165, 1.54) is 26.2 Å². The van der Waals surface area contributed by atoms with Crippen LogP contribution in [-0.2, 0) is 13.6 Å². The van der Waals surface area contributed by atoms with Gasteiger partial charge in [-0.25, -0.2) is 4.68 Å².